The van der Waals surface area contributed by atoms with E-state index in [2.05, 4.69) is 10.6 Å². The highest BCUT2D eigenvalue weighted by Gasteiger charge is 2.23. The number of hydrogen-bond donors (Lipinski definition) is 2. The maximum atomic E-state index is 12.4. The second-order valence-corrected chi connectivity index (χ2v) is 7.08. The molecule has 34 heavy (non-hydrogen) atoms. The maximum absolute atomic E-state index is 12.4. The molecule has 0 aromatic carbocycles. The summed E-state index contributed by atoms with van der Waals surface area (Å²) in [6.45, 7) is 1.71. The van der Waals surface area contributed by atoms with Gasteiger partial charge in [-0.05, 0) is 0 Å². The van der Waals surface area contributed by atoms with Gasteiger partial charge in [0.25, 0.3) is 11.8 Å². The fourth-order valence-corrected chi connectivity index (χ4v) is 2.69. The molecule has 0 aliphatic carbocycles. The van der Waals surface area contributed by atoms with Crippen LogP contribution in [0.2, 0.25) is 0 Å². The van der Waals surface area contributed by atoms with Crippen molar-refractivity contribution in [3.05, 3.63) is 12.2 Å². The maximum Gasteiger partial charge on any atom is 0.253 e. The molecule has 0 radical (unpaired) electrons. The van der Waals surface area contributed by atoms with Gasteiger partial charge in [-0.3, -0.25) is 28.9 Å². The Labute approximate surface area is 198 Å². The molecule has 0 unspecified atom stereocenters. The third-order valence-corrected chi connectivity index (χ3v) is 4.51. The molecule has 0 spiro atoms. The third-order valence-electron chi connectivity index (χ3n) is 4.51. The number of nitrogens with zero attached hydrogens (tertiary/aromatic N) is 2. The predicted molar refractivity (Wildman–Crippen MR) is 118 cm³/mol. The highest BCUT2D eigenvalue weighted by molar-refractivity contribution is 6.13. The van der Waals surface area contributed by atoms with Crippen molar-refractivity contribution >= 4 is 29.5 Å². The van der Waals surface area contributed by atoms with Crippen molar-refractivity contribution in [2.24, 2.45) is 0 Å². The number of nitrogens with one attached hydrogen (secondary N) is 2. The SMILES string of the molecule is COCCOCCN(CC(=O)NCCNC(=O)CCN1C(=O)C=CC1=O)C(=O)COCCOC. The van der Waals surface area contributed by atoms with E-state index in [-0.39, 0.29) is 70.8 Å². The number of amides is 5. The van der Waals surface area contributed by atoms with Gasteiger partial charge >= 0.3 is 0 Å². The summed E-state index contributed by atoms with van der Waals surface area (Å²) in [6.07, 6.45) is 2.27. The quantitative estimate of drug-likeness (QED) is 0.151. The first-order chi connectivity index (χ1) is 16.4. The first kappa shape index (κ1) is 29.2. The molecule has 0 aromatic heterocycles. The van der Waals surface area contributed by atoms with E-state index in [9.17, 15) is 24.0 Å². The Morgan fingerprint density at radius 2 is 1.44 bits per heavy atom. The van der Waals surface area contributed by atoms with E-state index in [1.807, 2.05) is 0 Å². The zero-order chi connectivity index (χ0) is 25.2. The molecule has 0 atom stereocenters. The molecule has 1 rings (SSSR count). The number of rotatable bonds is 19. The third kappa shape index (κ3) is 12.4. The largest absolute Gasteiger partial charge is 0.382 e. The molecule has 5 amide bonds. The van der Waals surface area contributed by atoms with E-state index < -0.39 is 17.7 Å². The van der Waals surface area contributed by atoms with Gasteiger partial charge in [-0.1, -0.05) is 0 Å². The van der Waals surface area contributed by atoms with Crippen LogP contribution in [0.5, 0.6) is 0 Å². The molecule has 0 fully saturated rings. The molecule has 13 heteroatoms. The van der Waals surface area contributed by atoms with Crippen LogP contribution in [-0.2, 0) is 42.9 Å². The topological polar surface area (TPSA) is 153 Å². The van der Waals surface area contributed by atoms with Crippen molar-refractivity contribution in [2.75, 3.05) is 86.6 Å². The fourth-order valence-electron chi connectivity index (χ4n) is 2.69. The van der Waals surface area contributed by atoms with E-state index >= 15 is 0 Å². The summed E-state index contributed by atoms with van der Waals surface area (Å²) in [5, 5.41) is 5.22. The first-order valence-corrected chi connectivity index (χ1v) is 10.9. The standard InChI is InChI=1S/C21H34N4O9/c1-31-11-13-33-10-9-24(21(30)16-34-14-12-32-2)15-18(27)23-7-6-22-17(26)5-8-25-19(28)3-4-20(25)29/h3-4H,5-16H2,1-2H3,(H,22,26)(H,23,27). The number of imide groups is 1. The molecule has 0 bridgehead atoms. The van der Waals surface area contributed by atoms with Crippen LogP contribution in [0.25, 0.3) is 0 Å². The van der Waals surface area contributed by atoms with Gasteiger partial charge < -0.3 is 34.5 Å². The summed E-state index contributed by atoms with van der Waals surface area (Å²) in [5.41, 5.74) is 0. The Bertz CT molecular complexity index is 696. The number of carbonyl (C=O) groups excluding carboxylic acids is 5. The molecule has 0 aromatic rings. The molecule has 192 valence electrons. The zero-order valence-electron chi connectivity index (χ0n) is 19.7. The fraction of sp³-hybridized carbons (Fsp3) is 0.667. The molecular formula is C21H34N4O9. The Morgan fingerprint density at radius 3 is 2.06 bits per heavy atom. The van der Waals surface area contributed by atoms with Crippen LogP contribution in [0.3, 0.4) is 0 Å². The van der Waals surface area contributed by atoms with Crippen LogP contribution < -0.4 is 10.6 Å². The molecule has 2 N–H and O–H groups in total. The number of methoxy groups -OCH3 is 2. The van der Waals surface area contributed by atoms with Crippen molar-refractivity contribution in [3.63, 3.8) is 0 Å². The van der Waals surface area contributed by atoms with Gasteiger partial charge in [-0.15, -0.1) is 0 Å². The molecular weight excluding hydrogens is 452 g/mol. The smallest absolute Gasteiger partial charge is 0.253 e. The van der Waals surface area contributed by atoms with E-state index in [1.165, 1.54) is 12.0 Å². The van der Waals surface area contributed by atoms with Gasteiger partial charge in [-0.25, -0.2) is 0 Å². The minimum Gasteiger partial charge on any atom is -0.382 e. The van der Waals surface area contributed by atoms with Crippen LogP contribution >= 0.6 is 0 Å². The van der Waals surface area contributed by atoms with Crippen molar-refractivity contribution in [1.82, 2.24) is 20.4 Å². The molecule has 1 heterocycles. The normalized spacial score (nSPS) is 12.8. The van der Waals surface area contributed by atoms with Gasteiger partial charge in [0.15, 0.2) is 0 Å². The van der Waals surface area contributed by atoms with Crippen molar-refractivity contribution in [3.8, 4) is 0 Å². The second-order valence-electron chi connectivity index (χ2n) is 7.08. The Hall–Kier alpha value is -2.87. The molecule has 1 aliphatic rings. The zero-order valence-corrected chi connectivity index (χ0v) is 19.7. The van der Waals surface area contributed by atoms with E-state index in [0.29, 0.717) is 19.8 Å². The summed E-state index contributed by atoms with van der Waals surface area (Å²) in [7, 11) is 3.07. The lowest BCUT2D eigenvalue weighted by atomic mass is 10.3. The summed E-state index contributed by atoms with van der Waals surface area (Å²) in [4.78, 5) is 61.7. The van der Waals surface area contributed by atoms with Crippen molar-refractivity contribution < 1.29 is 42.9 Å². The Morgan fingerprint density at radius 1 is 0.853 bits per heavy atom. The van der Waals surface area contributed by atoms with E-state index in [0.717, 1.165) is 17.1 Å². The van der Waals surface area contributed by atoms with Crippen LogP contribution in [-0.4, -0.2) is 126 Å². The predicted octanol–water partition coefficient (Wildman–Crippen LogP) is -2.31. The summed E-state index contributed by atoms with van der Waals surface area (Å²) < 4.78 is 20.4. The van der Waals surface area contributed by atoms with Crippen molar-refractivity contribution in [2.45, 2.75) is 6.42 Å². The summed E-state index contributed by atoms with van der Waals surface area (Å²) in [5.74, 6) is -2.03. The van der Waals surface area contributed by atoms with Crippen LogP contribution in [0, 0.1) is 0 Å². The van der Waals surface area contributed by atoms with Gasteiger partial charge in [0, 0.05) is 59.0 Å². The van der Waals surface area contributed by atoms with E-state index in [4.69, 9.17) is 18.9 Å². The average molecular weight is 487 g/mol. The van der Waals surface area contributed by atoms with Gasteiger partial charge in [0.2, 0.25) is 17.7 Å². The summed E-state index contributed by atoms with van der Waals surface area (Å²) in [6, 6.07) is 0. The van der Waals surface area contributed by atoms with Crippen LogP contribution in [0.4, 0.5) is 0 Å². The minimum atomic E-state index is -0.447. The van der Waals surface area contributed by atoms with Crippen molar-refractivity contribution in [1.29, 1.82) is 0 Å². The van der Waals surface area contributed by atoms with Gasteiger partial charge in [0.05, 0.1) is 39.6 Å². The molecule has 13 nitrogen and oxygen atoms in total. The van der Waals surface area contributed by atoms with Gasteiger partial charge in [0.1, 0.15) is 6.61 Å². The van der Waals surface area contributed by atoms with Crippen LogP contribution in [0.1, 0.15) is 6.42 Å². The Balaban J connectivity index is 2.31. The monoisotopic (exact) mass is 486 g/mol. The Kier molecular flexibility index (Phi) is 15.1. The number of hydrogen-bond acceptors (Lipinski definition) is 9. The number of ether oxygens (including phenoxy) is 4. The molecule has 0 saturated carbocycles. The lowest BCUT2D eigenvalue weighted by Gasteiger charge is -2.22. The van der Waals surface area contributed by atoms with E-state index in [1.54, 1.807) is 7.11 Å². The molecule has 0 saturated heterocycles. The minimum absolute atomic E-state index is 0.0150. The first-order valence-electron chi connectivity index (χ1n) is 10.9. The highest BCUT2D eigenvalue weighted by Crippen LogP contribution is 2.03. The average Bonchev–Trinajstić information content (AvgIpc) is 3.14. The molecule has 1 aliphatic heterocycles. The lowest BCUT2D eigenvalue weighted by Crippen LogP contribution is -2.45. The van der Waals surface area contributed by atoms with Crippen LogP contribution in [0.15, 0.2) is 12.2 Å². The highest BCUT2D eigenvalue weighted by atomic mass is 16.5. The van der Waals surface area contributed by atoms with Gasteiger partial charge in [-0.2, -0.15) is 0 Å². The number of carbonyl (C=O) groups is 5. The summed E-state index contributed by atoms with van der Waals surface area (Å²) >= 11 is 0. The lowest BCUT2D eigenvalue weighted by molar-refractivity contribution is -0.141. The second kappa shape index (κ2) is 17.6.